The molecule has 41 heavy (non-hydrogen) atoms. The molecule has 0 saturated carbocycles. The summed E-state index contributed by atoms with van der Waals surface area (Å²) in [5, 5.41) is 4.13. The van der Waals surface area contributed by atoms with Gasteiger partial charge in [-0.3, -0.25) is 14.3 Å². The van der Waals surface area contributed by atoms with Crippen LogP contribution in [0.4, 0.5) is 0 Å². The molecule has 0 N–H and O–H groups in total. The SMILES string of the molecule is CCc1noc(C)c1C(=O)N1CCOc2cc(ccc2OC)-c2nccn2-c2cc(CN3CCOCC3)cc(c2)C1. The summed E-state index contributed by atoms with van der Waals surface area (Å²) in [4.78, 5) is 22.9. The quantitative estimate of drug-likeness (QED) is 0.359. The number of hydrogen-bond donors (Lipinski definition) is 0. The topological polar surface area (TPSA) is 95.1 Å². The molecule has 1 amide bonds. The molecule has 4 aromatic rings. The minimum Gasteiger partial charge on any atom is -0.493 e. The zero-order valence-corrected chi connectivity index (χ0v) is 23.8. The van der Waals surface area contributed by atoms with Gasteiger partial charge in [0.2, 0.25) is 0 Å². The van der Waals surface area contributed by atoms with Crippen LogP contribution >= 0.6 is 0 Å². The summed E-state index contributed by atoms with van der Waals surface area (Å²) in [7, 11) is 1.62. The Hall–Kier alpha value is -4.15. The van der Waals surface area contributed by atoms with Crippen LogP contribution in [-0.2, 0) is 24.2 Å². The number of aromatic nitrogens is 3. The van der Waals surface area contributed by atoms with E-state index < -0.39 is 0 Å². The Labute approximate surface area is 239 Å². The van der Waals surface area contributed by atoms with Gasteiger partial charge in [-0.15, -0.1) is 0 Å². The van der Waals surface area contributed by atoms with Gasteiger partial charge in [-0.2, -0.15) is 0 Å². The van der Waals surface area contributed by atoms with Crippen LogP contribution in [0.1, 0.15) is 39.9 Å². The van der Waals surface area contributed by atoms with Crippen LogP contribution < -0.4 is 9.47 Å². The van der Waals surface area contributed by atoms with E-state index in [0.29, 0.717) is 48.0 Å². The van der Waals surface area contributed by atoms with E-state index in [2.05, 4.69) is 32.8 Å². The van der Waals surface area contributed by atoms with Gasteiger partial charge in [0.05, 0.1) is 32.6 Å². The molecule has 1 fully saturated rings. The van der Waals surface area contributed by atoms with Gasteiger partial charge in [0.15, 0.2) is 11.5 Å². The van der Waals surface area contributed by atoms with Crippen LogP contribution in [0, 0.1) is 6.92 Å². The van der Waals surface area contributed by atoms with E-state index in [0.717, 1.165) is 55.5 Å². The lowest BCUT2D eigenvalue weighted by molar-refractivity contribution is 0.0341. The van der Waals surface area contributed by atoms with E-state index >= 15 is 0 Å². The largest absolute Gasteiger partial charge is 0.493 e. The highest BCUT2D eigenvalue weighted by Crippen LogP contribution is 2.34. The van der Waals surface area contributed by atoms with E-state index in [9.17, 15) is 4.79 Å². The van der Waals surface area contributed by atoms with Crippen molar-refractivity contribution in [3.63, 3.8) is 0 Å². The molecule has 0 unspecified atom stereocenters. The first-order chi connectivity index (χ1) is 20.0. The van der Waals surface area contributed by atoms with E-state index in [1.165, 1.54) is 5.56 Å². The molecule has 10 heteroatoms. The molecule has 10 nitrogen and oxygen atoms in total. The van der Waals surface area contributed by atoms with E-state index in [4.69, 9.17) is 23.7 Å². The number of aryl methyl sites for hydroxylation is 2. The number of hydrogen-bond acceptors (Lipinski definition) is 8. The van der Waals surface area contributed by atoms with E-state index in [1.807, 2.05) is 36.2 Å². The lowest BCUT2D eigenvalue weighted by Gasteiger charge is -2.27. The fourth-order valence-electron chi connectivity index (χ4n) is 5.57. The minimum atomic E-state index is -0.122. The third-order valence-electron chi connectivity index (χ3n) is 7.65. The smallest absolute Gasteiger partial charge is 0.259 e. The molecule has 2 aliphatic rings. The Morgan fingerprint density at radius 1 is 1.07 bits per heavy atom. The fraction of sp³-hybridized carbons (Fsp3) is 0.387. The number of ether oxygens (including phenoxy) is 3. The first kappa shape index (κ1) is 27.0. The number of nitrogens with zero attached hydrogens (tertiary/aromatic N) is 5. The van der Waals surface area contributed by atoms with Crippen molar-refractivity contribution in [2.45, 2.75) is 33.4 Å². The van der Waals surface area contributed by atoms with Gasteiger partial charge in [0.25, 0.3) is 5.91 Å². The van der Waals surface area contributed by atoms with Crippen molar-refractivity contribution in [1.82, 2.24) is 24.5 Å². The molecule has 4 bridgehead atoms. The third-order valence-corrected chi connectivity index (χ3v) is 7.65. The molecule has 6 rings (SSSR count). The first-order valence-corrected chi connectivity index (χ1v) is 14.1. The number of morpholine rings is 1. The van der Waals surface area contributed by atoms with Crippen molar-refractivity contribution in [2.24, 2.45) is 0 Å². The van der Waals surface area contributed by atoms with Gasteiger partial charge in [-0.25, -0.2) is 4.98 Å². The van der Waals surface area contributed by atoms with Crippen LogP contribution in [0.15, 0.2) is 53.3 Å². The normalized spacial score (nSPS) is 15.7. The standard InChI is InChI=1S/C31H35N5O5/c1-4-26-29(21(2)41-33-26)31(37)35-11-14-40-28-18-24(5-6-27(28)38-3)30-32-7-8-36(30)25-16-22(15-23(17-25)20-35)19-34-9-12-39-13-10-34/h5-8,15-18H,4,9-14,19-20H2,1-3H3. The molecular formula is C31H35N5O5. The number of fused-ring (bicyclic) bond motifs is 7. The monoisotopic (exact) mass is 557 g/mol. The summed E-state index contributed by atoms with van der Waals surface area (Å²) in [6.45, 7) is 8.85. The number of amides is 1. The average molecular weight is 558 g/mol. The summed E-state index contributed by atoms with van der Waals surface area (Å²) in [5.74, 6) is 2.42. The van der Waals surface area contributed by atoms with Crippen LogP contribution in [0.2, 0.25) is 0 Å². The molecule has 4 heterocycles. The highest BCUT2D eigenvalue weighted by Gasteiger charge is 2.26. The molecule has 2 aromatic carbocycles. The van der Waals surface area contributed by atoms with Crippen molar-refractivity contribution in [1.29, 1.82) is 0 Å². The Kier molecular flexibility index (Phi) is 7.76. The van der Waals surface area contributed by atoms with Gasteiger partial charge < -0.3 is 23.6 Å². The van der Waals surface area contributed by atoms with Crippen molar-refractivity contribution in [2.75, 3.05) is 46.6 Å². The maximum atomic E-state index is 14.0. The molecule has 0 atom stereocenters. The molecule has 0 aliphatic carbocycles. The molecular weight excluding hydrogens is 522 g/mol. The third kappa shape index (κ3) is 5.57. The Bertz CT molecular complexity index is 1540. The van der Waals surface area contributed by atoms with Crippen LogP contribution in [0.3, 0.4) is 0 Å². The van der Waals surface area contributed by atoms with Gasteiger partial charge >= 0.3 is 0 Å². The predicted molar refractivity (Wildman–Crippen MR) is 153 cm³/mol. The number of imidazole rings is 1. The highest BCUT2D eigenvalue weighted by atomic mass is 16.5. The van der Waals surface area contributed by atoms with E-state index in [-0.39, 0.29) is 12.5 Å². The molecule has 1 saturated heterocycles. The van der Waals surface area contributed by atoms with Gasteiger partial charge in [-0.1, -0.05) is 18.1 Å². The first-order valence-electron chi connectivity index (χ1n) is 14.1. The fourth-order valence-corrected chi connectivity index (χ4v) is 5.57. The van der Waals surface area contributed by atoms with Crippen molar-refractivity contribution in [3.05, 3.63) is 76.9 Å². The Morgan fingerprint density at radius 2 is 1.93 bits per heavy atom. The molecule has 2 aromatic heterocycles. The van der Waals surface area contributed by atoms with Crippen molar-refractivity contribution < 1.29 is 23.5 Å². The molecule has 0 radical (unpaired) electrons. The molecule has 2 aliphatic heterocycles. The van der Waals surface area contributed by atoms with Crippen molar-refractivity contribution >= 4 is 5.91 Å². The van der Waals surface area contributed by atoms with Gasteiger partial charge in [0.1, 0.15) is 23.8 Å². The second kappa shape index (κ2) is 11.8. The summed E-state index contributed by atoms with van der Waals surface area (Å²) in [6.07, 6.45) is 4.38. The lowest BCUT2D eigenvalue weighted by Crippen LogP contribution is -2.36. The summed E-state index contributed by atoms with van der Waals surface area (Å²) in [5.41, 5.74) is 5.27. The number of rotatable bonds is 5. The Morgan fingerprint density at radius 3 is 2.73 bits per heavy atom. The van der Waals surface area contributed by atoms with Gasteiger partial charge in [0, 0.05) is 49.8 Å². The summed E-state index contributed by atoms with van der Waals surface area (Å²) < 4.78 is 24.9. The van der Waals surface area contributed by atoms with Gasteiger partial charge in [-0.05, 0) is 54.8 Å². The number of benzene rings is 2. The molecule has 0 spiro atoms. The maximum Gasteiger partial charge on any atom is 0.259 e. The second-order valence-electron chi connectivity index (χ2n) is 10.4. The minimum absolute atomic E-state index is 0.122. The number of carbonyl (C=O) groups excluding carboxylic acids is 1. The average Bonchev–Trinajstić information content (AvgIpc) is 3.63. The van der Waals surface area contributed by atoms with Crippen LogP contribution in [-0.4, -0.2) is 77.0 Å². The lowest BCUT2D eigenvalue weighted by atomic mass is 10.1. The zero-order chi connectivity index (χ0) is 28.3. The van der Waals surface area contributed by atoms with Crippen LogP contribution in [0.25, 0.3) is 17.1 Å². The second-order valence-corrected chi connectivity index (χ2v) is 10.4. The summed E-state index contributed by atoms with van der Waals surface area (Å²) in [6, 6.07) is 12.4. The zero-order valence-electron chi connectivity index (χ0n) is 23.8. The molecule has 214 valence electrons. The highest BCUT2D eigenvalue weighted by molar-refractivity contribution is 5.96. The van der Waals surface area contributed by atoms with Crippen LogP contribution in [0.5, 0.6) is 11.5 Å². The summed E-state index contributed by atoms with van der Waals surface area (Å²) >= 11 is 0. The Balaban J connectivity index is 1.46. The number of carbonyl (C=O) groups is 1. The van der Waals surface area contributed by atoms with Crippen molar-refractivity contribution in [3.8, 4) is 28.6 Å². The maximum absolute atomic E-state index is 14.0. The predicted octanol–water partition coefficient (Wildman–Crippen LogP) is 4.27. The number of methoxy groups -OCH3 is 1. The van der Waals surface area contributed by atoms with E-state index in [1.54, 1.807) is 20.2 Å².